The van der Waals surface area contributed by atoms with E-state index in [9.17, 15) is 5.21 Å². The summed E-state index contributed by atoms with van der Waals surface area (Å²) in [6.07, 6.45) is 0. The summed E-state index contributed by atoms with van der Waals surface area (Å²) in [6, 6.07) is 12.7. The summed E-state index contributed by atoms with van der Waals surface area (Å²) in [5.74, 6) is 0. The number of rotatable bonds is 1. The zero-order chi connectivity index (χ0) is 9.97. The van der Waals surface area contributed by atoms with Gasteiger partial charge in [-0.3, -0.25) is 0 Å². The molecule has 14 heavy (non-hydrogen) atoms. The van der Waals surface area contributed by atoms with Crippen LogP contribution in [0, 0.1) is 5.21 Å². The van der Waals surface area contributed by atoms with Crippen LogP contribution in [0.1, 0.15) is 0 Å². The van der Waals surface area contributed by atoms with Gasteiger partial charge in [0.15, 0.2) is 0 Å². The molecule has 0 aliphatic rings. The summed E-state index contributed by atoms with van der Waals surface area (Å²) in [7, 11) is 0. The monoisotopic (exact) mass is 188 g/mol. The van der Waals surface area contributed by atoms with Gasteiger partial charge in [-0.15, -0.1) is 0 Å². The third-order valence-electron chi connectivity index (χ3n) is 2.05. The third-order valence-corrected chi connectivity index (χ3v) is 2.05. The Morgan fingerprint density at radius 2 is 1.79 bits per heavy atom. The molecule has 0 aliphatic heterocycles. The highest BCUT2D eigenvalue weighted by Crippen LogP contribution is 2.24. The molecule has 2 rings (SSSR count). The van der Waals surface area contributed by atoms with Gasteiger partial charge in [0.05, 0.1) is 5.39 Å². The summed E-state index contributed by atoms with van der Waals surface area (Å²) in [5, 5.41) is 23.8. The summed E-state index contributed by atoms with van der Waals surface area (Å²) in [4.78, 5) is 0.197. The number of hydrogen-bond donors (Lipinski definition) is 1. The Labute approximate surface area is 80.3 Å². The molecule has 0 saturated carbocycles. The van der Waals surface area contributed by atoms with Gasteiger partial charge in [-0.2, -0.15) is 0 Å². The first-order chi connectivity index (χ1) is 6.83. The van der Waals surface area contributed by atoms with Gasteiger partial charge in [0.2, 0.25) is 5.28 Å². The Kier molecular flexibility index (Phi) is 2.02. The lowest BCUT2D eigenvalue weighted by Crippen LogP contribution is -1.91. The van der Waals surface area contributed by atoms with Crippen LogP contribution in [-0.4, -0.2) is 10.1 Å². The molecule has 2 aromatic carbocycles. The van der Waals surface area contributed by atoms with Gasteiger partial charge < -0.3 is 10.4 Å². The SMILES string of the molecule is [O-][N+](=NO)c1cccc2ccccc12. The van der Waals surface area contributed by atoms with E-state index in [0.717, 1.165) is 10.8 Å². The molecule has 2 aromatic rings. The molecule has 70 valence electrons. The maximum Gasteiger partial charge on any atom is 0.256 e. The van der Waals surface area contributed by atoms with E-state index in [2.05, 4.69) is 5.28 Å². The van der Waals surface area contributed by atoms with E-state index in [1.807, 2.05) is 24.3 Å². The average molecular weight is 188 g/mol. The van der Waals surface area contributed by atoms with Gasteiger partial charge in [0.25, 0.3) is 5.69 Å². The normalized spacial score (nSPS) is 11.9. The van der Waals surface area contributed by atoms with Gasteiger partial charge in [-0.1, -0.05) is 30.3 Å². The molecule has 0 saturated heterocycles. The van der Waals surface area contributed by atoms with Gasteiger partial charge in [-0.25, -0.2) is 0 Å². The number of nitrogens with zero attached hydrogens (tertiary/aromatic N) is 2. The van der Waals surface area contributed by atoms with Crippen LogP contribution in [0.5, 0.6) is 0 Å². The second-order valence-corrected chi connectivity index (χ2v) is 2.86. The fourth-order valence-corrected chi connectivity index (χ4v) is 1.42. The van der Waals surface area contributed by atoms with Crippen molar-refractivity contribution in [2.24, 2.45) is 5.28 Å². The Balaban J connectivity index is 2.77. The predicted octanol–water partition coefficient (Wildman–Crippen LogP) is 2.82. The van der Waals surface area contributed by atoms with Crippen LogP contribution in [0.3, 0.4) is 0 Å². The fourth-order valence-electron chi connectivity index (χ4n) is 1.42. The van der Waals surface area contributed by atoms with Crippen LogP contribution >= 0.6 is 0 Å². The number of fused-ring (bicyclic) bond motifs is 1. The maximum absolute atomic E-state index is 11.1. The second-order valence-electron chi connectivity index (χ2n) is 2.86. The van der Waals surface area contributed by atoms with Crippen molar-refractivity contribution in [3.8, 4) is 0 Å². The van der Waals surface area contributed by atoms with Crippen molar-refractivity contribution in [3.05, 3.63) is 47.7 Å². The van der Waals surface area contributed by atoms with Gasteiger partial charge in [-0.05, 0) is 16.3 Å². The first-order valence-corrected chi connectivity index (χ1v) is 4.13. The summed E-state index contributed by atoms with van der Waals surface area (Å²) < 4.78 is 0. The van der Waals surface area contributed by atoms with Gasteiger partial charge in [0.1, 0.15) is 0 Å². The molecule has 0 aliphatic carbocycles. The molecule has 0 bridgehead atoms. The van der Waals surface area contributed by atoms with Crippen molar-refractivity contribution in [2.45, 2.75) is 0 Å². The third kappa shape index (κ3) is 1.26. The first-order valence-electron chi connectivity index (χ1n) is 4.13. The van der Waals surface area contributed by atoms with E-state index < -0.39 is 0 Å². The molecule has 0 heterocycles. The Hall–Kier alpha value is -2.10. The van der Waals surface area contributed by atoms with E-state index in [0.29, 0.717) is 5.69 Å². The minimum Gasteiger partial charge on any atom is -0.592 e. The minimum absolute atomic E-state index is 0.197. The van der Waals surface area contributed by atoms with Crippen LogP contribution in [0.2, 0.25) is 0 Å². The van der Waals surface area contributed by atoms with Crippen molar-refractivity contribution < 1.29 is 10.1 Å². The Bertz CT molecular complexity index is 489. The van der Waals surface area contributed by atoms with Crippen LogP contribution < -0.4 is 0 Å². The molecular weight excluding hydrogens is 180 g/mol. The van der Waals surface area contributed by atoms with Crippen molar-refractivity contribution in [3.63, 3.8) is 0 Å². The summed E-state index contributed by atoms with van der Waals surface area (Å²) >= 11 is 0. The smallest absolute Gasteiger partial charge is 0.256 e. The first kappa shape index (κ1) is 8.50. The molecule has 1 N–H and O–H groups in total. The van der Waals surface area contributed by atoms with Crippen LogP contribution in [-0.2, 0) is 0 Å². The van der Waals surface area contributed by atoms with Crippen LogP contribution in [0.4, 0.5) is 5.69 Å². The van der Waals surface area contributed by atoms with Crippen LogP contribution in [0.15, 0.2) is 47.7 Å². The van der Waals surface area contributed by atoms with E-state index in [-0.39, 0.29) is 4.86 Å². The Morgan fingerprint density at radius 1 is 1.07 bits per heavy atom. The molecular formula is C10H8N2O2. The molecule has 0 radical (unpaired) electrons. The average Bonchev–Trinajstić information content (AvgIpc) is 2.27. The van der Waals surface area contributed by atoms with Crippen LogP contribution in [0.25, 0.3) is 10.8 Å². The fraction of sp³-hybridized carbons (Fsp3) is 0. The van der Waals surface area contributed by atoms with E-state index in [1.54, 1.807) is 18.2 Å². The topological polar surface area (TPSA) is 58.7 Å². The highest BCUT2D eigenvalue weighted by Gasteiger charge is 2.08. The summed E-state index contributed by atoms with van der Waals surface area (Å²) in [6.45, 7) is 0. The standard InChI is InChI=1S/C10H8N2O2/c13-11-12(14)10-7-3-5-8-4-1-2-6-9(8)10/h1-7,13H. The molecule has 0 unspecified atom stereocenters. The van der Waals surface area contributed by atoms with Gasteiger partial charge in [0, 0.05) is 6.07 Å². The van der Waals surface area contributed by atoms with E-state index >= 15 is 0 Å². The van der Waals surface area contributed by atoms with Crippen molar-refractivity contribution in [1.82, 2.24) is 0 Å². The van der Waals surface area contributed by atoms with Crippen molar-refractivity contribution >= 4 is 16.5 Å². The molecule has 4 heteroatoms. The lowest BCUT2D eigenvalue weighted by atomic mass is 10.1. The molecule has 0 amide bonds. The van der Waals surface area contributed by atoms with E-state index in [4.69, 9.17) is 5.21 Å². The lowest BCUT2D eigenvalue weighted by Gasteiger charge is -2.01. The second kappa shape index (κ2) is 3.33. The Morgan fingerprint density at radius 3 is 2.57 bits per heavy atom. The largest absolute Gasteiger partial charge is 0.592 e. The zero-order valence-corrected chi connectivity index (χ0v) is 7.29. The number of hydrogen-bond acceptors (Lipinski definition) is 2. The zero-order valence-electron chi connectivity index (χ0n) is 7.29. The molecule has 0 atom stereocenters. The molecule has 0 spiro atoms. The van der Waals surface area contributed by atoms with Gasteiger partial charge >= 0.3 is 0 Å². The molecule has 0 fully saturated rings. The lowest BCUT2D eigenvalue weighted by molar-refractivity contribution is -0.472. The number of benzene rings is 2. The maximum atomic E-state index is 11.1. The van der Waals surface area contributed by atoms with E-state index in [1.165, 1.54) is 0 Å². The predicted molar refractivity (Wildman–Crippen MR) is 51.4 cm³/mol. The van der Waals surface area contributed by atoms with Crippen molar-refractivity contribution in [1.29, 1.82) is 0 Å². The highest BCUT2D eigenvalue weighted by molar-refractivity contribution is 5.90. The molecule has 0 aromatic heterocycles. The highest BCUT2D eigenvalue weighted by atomic mass is 16.6. The minimum atomic E-state index is 0.197. The quantitative estimate of drug-likeness (QED) is 0.425. The van der Waals surface area contributed by atoms with Crippen molar-refractivity contribution in [2.75, 3.05) is 0 Å². The summed E-state index contributed by atoms with van der Waals surface area (Å²) in [5.41, 5.74) is 0.339. The molecule has 4 nitrogen and oxygen atoms in total.